The number of hydrogen-bond acceptors (Lipinski definition) is 2. The monoisotopic (exact) mass is 424 g/mol. The van der Waals surface area contributed by atoms with Gasteiger partial charge in [-0.05, 0) is 50.5 Å². The average molecular weight is 425 g/mol. The minimum absolute atomic E-state index is 0.319. The summed E-state index contributed by atoms with van der Waals surface area (Å²) in [5, 5.41) is 0. The van der Waals surface area contributed by atoms with Gasteiger partial charge in [-0.1, -0.05) is 89.8 Å². The molecule has 2 bridgehead atoms. The Morgan fingerprint density at radius 3 is 1.90 bits per heavy atom. The number of fused-ring (bicyclic) bond motifs is 2. The fraction of sp³-hybridized carbons (Fsp3) is 1.00. The van der Waals surface area contributed by atoms with Crippen LogP contribution in [0.3, 0.4) is 0 Å². The number of hydrogen-bond donors (Lipinski definition) is 0. The first-order valence-electron chi connectivity index (χ1n) is 13.2. The summed E-state index contributed by atoms with van der Waals surface area (Å²) in [5.74, 6) is 2.28. The van der Waals surface area contributed by atoms with Gasteiger partial charge in [0.05, 0.1) is 27.4 Å². The lowest BCUT2D eigenvalue weighted by Gasteiger charge is -2.36. The van der Waals surface area contributed by atoms with E-state index in [1.807, 2.05) is 0 Å². The van der Waals surface area contributed by atoms with Crippen LogP contribution in [0, 0.1) is 11.8 Å². The number of ether oxygens (including phenoxy) is 2. The summed E-state index contributed by atoms with van der Waals surface area (Å²) in [6, 6.07) is 1.60. The maximum absolute atomic E-state index is 5.62. The zero-order valence-corrected chi connectivity index (χ0v) is 21.4. The second-order valence-electron chi connectivity index (χ2n) is 11.1. The van der Waals surface area contributed by atoms with Crippen molar-refractivity contribution >= 4 is 8.07 Å². The van der Waals surface area contributed by atoms with E-state index in [0.717, 1.165) is 31.7 Å². The van der Waals surface area contributed by atoms with Crippen LogP contribution in [0.4, 0.5) is 0 Å². The second-order valence-corrected chi connectivity index (χ2v) is 16.3. The molecule has 0 aromatic heterocycles. The van der Waals surface area contributed by atoms with Crippen LogP contribution in [-0.2, 0) is 9.47 Å². The molecule has 0 radical (unpaired) electrons. The molecular weight excluding hydrogens is 372 g/mol. The predicted molar refractivity (Wildman–Crippen MR) is 130 cm³/mol. The summed E-state index contributed by atoms with van der Waals surface area (Å²) >= 11 is 0. The Kier molecular flexibility index (Phi) is 12.5. The first-order chi connectivity index (χ1) is 14.0. The normalized spacial score (nSPS) is 24.1. The van der Waals surface area contributed by atoms with Crippen LogP contribution in [0.5, 0.6) is 0 Å². The summed E-state index contributed by atoms with van der Waals surface area (Å²) in [5.41, 5.74) is 1.18. The molecule has 0 spiro atoms. The molecule has 0 heterocycles. The summed E-state index contributed by atoms with van der Waals surface area (Å²) < 4.78 is 11.1. The fourth-order valence-electron chi connectivity index (χ4n) is 6.03. The molecule has 0 aromatic rings. The Bertz CT molecular complexity index is 410. The Morgan fingerprint density at radius 2 is 1.34 bits per heavy atom. The summed E-state index contributed by atoms with van der Waals surface area (Å²) in [6.07, 6.45) is 20.9. The molecule has 29 heavy (non-hydrogen) atoms. The van der Waals surface area contributed by atoms with Crippen molar-refractivity contribution in [1.82, 2.24) is 0 Å². The molecular formula is C26H52O2Si. The van der Waals surface area contributed by atoms with E-state index in [0.29, 0.717) is 6.10 Å². The zero-order valence-electron chi connectivity index (χ0n) is 20.4. The highest BCUT2D eigenvalue weighted by molar-refractivity contribution is 6.78. The molecule has 172 valence electrons. The van der Waals surface area contributed by atoms with E-state index in [9.17, 15) is 0 Å². The Labute approximate surface area is 183 Å². The first-order valence-corrected chi connectivity index (χ1v) is 16.5. The maximum Gasteiger partial charge on any atom is 0.0703 e. The lowest BCUT2D eigenvalue weighted by atomic mass is 10.0. The van der Waals surface area contributed by atoms with Crippen molar-refractivity contribution in [1.29, 1.82) is 0 Å². The topological polar surface area (TPSA) is 18.5 Å². The van der Waals surface area contributed by atoms with E-state index in [-0.39, 0.29) is 0 Å². The SMILES string of the molecule is CC(C)OCCOCCCCCCCCCCCC[Si](C)(C)C1CC2CCC1C2. The van der Waals surface area contributed by atoms with Crippen molar-refractivity contribution in [2.45, 2.75) is 135 Å². The van der Waals surface area contributed by atoms with Crippen molar-refractivity contribution in [3.05, 3.63) is 0 Å². The molecule has 0 saturated heterocycles. The first kappa shape index (κ1) is 25.4. The summed E-state index contributed by atoms with van der Waals surface area (Å²) in [4.78, 5) is 0. The van der Waals surface area contributed by atoms with Crippen molar-refractivity contribution in [3.63, 3.8) is 0 Å². The van der Waals surface area contributed by atoms with E-state index in [1.165, 1.54) is 69.7 Å². The van der Waals surface area contributed by atoms with E-state index >= 15 is 0 Å². The molecule has 3 heteroatoms. The van der Waals surface area contributed by atoms with Gasteiger partial charge in [0.25, 0.3) is 0 Å². The van der Waals surface area contributed by atoms with Gasteiger partial charge in [0.1, 0.15) is 0 Å². The van der Waals surface area contributed by atoms with Gasteiger partial charge in [0, 0.05) is 6.61 Å². The third-order valence-corrected chi connectivity index (χ3v) is 12.1. The quantitative estimate of drug-likeness (QED) is 0.163. The van der Waals surface area contributed by atoms with Crippen LogP contribution >= 0.6 is 0 Å². The maximum atomic E-state index is 5.62. The van der Waals surface area contributed by atoms with Gasteiger partial charge in [0.2, 0.25) is 0 Å². The molecule has 2 aliphatic carbocycles. The average Bonchev–Trinajstić information content (AvgIpc) is 3.31. The zero-order chi connectivity index (χ0) is 21.0. The predicted octanol–water partition coefficient (Wildman–Crippen LogP) is 8.23. The minimum atomic E-state index is -0.951. The largest absolute Gasteiger partial charge is 0.379 e. The molecule has 0 N–H and O–H groups in total. The fourth-order valence-corrected chi connectivity index (χ4v) is 10.1. The highest BCUT2D eigenvalue weighted by Gasteiger charge is 2.46. The van der Waals surface area contributed by atoms with Crippen molar-refractivity contribution in [2.75, 3.05) is 19.8 Å². The van der Waals surface area contributed by atoms with Crippen molar-refractivity contribution < 1.29 is 9.47 Å². The molecule has 2 aliphatic rings. The van der Waals surface area contributed by atoms with Gasteiger partial charge >= 0.3 is 0 Å². The molecule has 0 amide bonds. The minimum Gasteiger partial charge on any atom is -0.379 e. The van der Waals surface area contributed by atoms with Crippen molar-refractivity contribution in [3.8, 4) is 0 Å². The van der Waals surface area contributed by atoms with E-state index in [4.69, 9.17) is 9.47 Å². The van der Waals surface area contributed by atoms with Gasteiger partial charge in [-0.2, -0.15) is 0 Å². The summed E-state index contributed by atoms with van der Waals surface area (Å²) in [6.45, 7) is 12.0. The van der Waals surface area contributed by atoms with Crippen LogP contribution < -0.4 is 0 Å². The Morgan fingerprint density at radius 1 is 0.724 bits per heavy atom. The molecule has 2 nitrogen and oxygen atoms in total. The Balaban J connectivity index is 1.30. The highest BCUT2D eigenvalue weighted by Crippen LogP contribution is 2.56. The van der Waals surface area contributed by atoms with E-state index < -0.39 is 8.07 Å². The van der Waals surface area contributed by atoms with Gasteiger partial charge in [0.15, 0.2) is 0 Å². The van der Waals surface area contributed by atoms with Gasteiger partial charge in [-0.15, -0.1) is 0 Å². The van der Waals surface area contributed by atoms with E-state index in [1.54, 1.807) is 31.7 Å². The molecule has 0 aliphatic heterocycles. The molecule has 2 saturated carbocycles. The third kappa shape index (κ3) is 10.3. The van der Waals surface area contributed by atoms with Crippen LogP contribution in [0.15, 0.2) is 0 Å². The van der Waals surface area contributed by atoms with Crippen molar-refractivity contribution in [2.24, 2.45) is 11.8 Å². The molecule has 2 rings (SSSR count). The standard InChI is InChI=1S/C26H52O2Si/c1-23(2)28-19-18-27-17-13-11-9-7-5-6-8-10-12-14-20-29(3,4)26-22-24-15-16-25(26)21-24/h23-26H,5-22H2,1-4H3. The smallest absolute Gasteiger partial charge is 0.0703 e. The molecule has 0 aromatic carbocycles. The van der Waals surface area contributed by atoms with Crippen LogP contribution in [0.2, 0.25) is 24.7 Å². The number of unbranched alkanes of at least 4 members (excludes halogenated alkanes) is 9. The van der Waals surface area contributed by atoms with Gasteiger partial charge in [-0.25, -0.2) is 0 Å². The molecule has 3 unspecified atom stereocenters. The van der Waals surface area contributed by atoms with E-state index in [2.05, 4.69) is 26.9 Å². The highest BCUT2D eigenvalue weighted by atomic mass is 28.3. The van der Waals surface area contributed by atoms with Crippen LogP contribution in [0.25, 0.3) is 0 Å². The Hall–Kier alpha value is 0.137. The van der Waals surface area contributed by atoms with Gasteiger partial charge < -0.3 is 9.47 Å². The number of rotatable bonds is 18. The van der Waals surface area contributed by atoms with Crippen LogP contribution in [-0.4, -0.2) is 34.0 Å². The lowest BCUT2D eigenvalue weighted by Crippen LogP contribution is -2.35. The van der Waals surface area contributed by atoms with Gasteiger partial charge in [-0.3, -0.25) is 0 Å². The molecule has 2 fully saturated rings. The van der Waals surface area contributed by atoms with Crippen LogP contribution in [0.1, 0.15) is 104 Å². The lowest BCUT2D eigenvalue weighted by molar-refractivity contribution is 0.0186. The third-order valence-electron chi connectivity index (χ3n) is 7.78. The molecule has 3 atom stereocenters. The second kappa shape index (κ2) is 14.2. The summed E-state index contributed by atoms with van der Waals surface area (Å²) in [7, 11) is -0.951.